The second kappa shape index (κ2) is 8.80. The molecule has 2 aliphatic rings. The Bertz CT molecular complexity index is 1240. The van der Waals surface area contributed by atoms with Crippen LogP contribution in [0.2, 0.25) is 0 Å². The Balaban J connectivity index is 1.28. The number of pyridine rings is 1. The third kappa shape index (κ3) is 4.03. The van der Waals surface area contributed by atoms with Gasteiger partial charge in [0.05, 0.1) is 11.6 Å². The third-order valence-electron chi connectivity index (χ3n) is 6.66. The van der Waals surface area contributed by atoms with Crippen molar-refractivity contribution >= 4 is 28.6 Å². The number of piperazine rings is 1. The molecule has 33 heavy (non-hydrogen) atoms. The number of amides is 1. The van der Waals surface area contributed by atoms with E-state index in [0.29, 0.717) is 61.9 Å². The fourth-order valence-corrected chi connectivity index (χ4v) is 4.85. The van der Waals surface area contributed by atoms with Crippen molar-refractivity contribution in [1.82, 2.24) is 19.4 Å². The highest BCUT2D eigenvalue weighted by Gasteiger charge is 2.33. The van der Waals surface area contributed by atoms with Crippen LogP contribution >= 0.6 is 0 Å². The third-order valence-corrected chi connectivity index (χ3v) is 6.66. The highest BCUT2D eigenvalue weighted by molar-refractivity contribution is 5.80. The molecule has 172 valence electrons. The van der Waals surface area contributed by atoms with E-state index >= 15 is 0 Å². The van der Waals surface area contributed by atoms with Gasteiger partial charge < -0.3 is 14.7 Å². The summed E-state index contributed by atoms with van der Waals surface area (Å²) in [6.45, 7) is 3.49. The summed E-state index contributed by atoms with van der Waals surface area (Å²) in [4.78, 5) is 40.9. The number of fused-ring (bicyclic) bond motifs is 1. The maximum absolute atomic E-state index is 14.1. The number of benzene rings is 1. The van der Waals surface area contributed by atoms with Crippen molar-refractivity contribution in [2.24, 2.45) is 13.0 Å². The molecule has 1 aromatic carbocycles. The standard InChI is InChI=1S/C24H27FN6O2/c1-28-21-19(8-4-10-26-21)27-22(24(28)33)31-11-5-6-17(16-31)23(32)30-14-12-29(13-15-30)20-9-3-2-7-18(20)25/h2-4,7-10,17H,5-6,11-16H2,1H3. The lowest BCUT2D eigenvalue weighted by molar-refractivity contribution is -0.136. The Morgan fingerprint density at radius 3 is 2.61 bits per heavy atom. The van der Waals surface area contributed by atoms with E-state index in [0.717, 1.165) is 12.8 Å². The fourth-order valence-electron chi connectivity index (χ4n) is 4.85. The van der Waals surface area contributed by atoms with Gasteiger partial charge in [-0.1, -0.05) is 12.1 Å². The number of aromatic nitrogens is 3. The van der Waals surface area contributed by atoms with Crippen LogP contribution in [0, 0.1) is 11.7 Å². The molecule has 4 heterocycles. The predicted molar refractivity (Wildman–Crippen MR) is 125 cm³/mol. The molecule has 1 amide bonds. The molecule has 5 rings (SSSR count). The lowest BCUT2D eigenvalue weighted by Gasteiger charge is -2.40. The predicted octanol–water partition coefficient (Wildman–Crippen LogP) is 2.03. The summed E-state index contributed by atoms with van der Waals surface area (Å²) in [5.74, 6) is 0.0572. The molecule has 0 saturated carbocycles. The number of hydrogen-bond donors (Lipinski definition) is 0. The number of carbonyl (C=O) groups is 1. The number of aryl methyl sites for hydroxylation is 1. The molecule has 2 fully saturated rings. The number of halogens is 1. The van der Waals surface area contributed by atoms with Crippen molar-refractivity contribution in [2.45, 2.75) is 12.8 Å². The van der Waals surface area contributed by atoms with Crippen LogP contribution in [0.1, 0.15) is 12.8 Å². The molecule has 9 heteroatoms. The lowest BCUT2D eigenvalue weighted by Crippen LogP contribution is -2.53. The average molecular weight is 451 g/mol. The minimum Gasteiger partial charge on any atom is -0.366 e. The quantitative estimate of drug-likeness (QED) is 0.608. The van der Waals surface area contributed by atoms with E-state index in [1.165, 1.54) is 10.6 Å². The molecule has 3 aromatic rings. The van der Waals surface area contributed by atoms with Crippen LogP contribution in [-0.2, 0) is 11.8 Å². The molecular weight excluding hydrogens is 423 g/mol. The number of hydrogen-bond acceptors (Lipinski definition) is 6. The monoisotopic (exact) mass is 450 g/mol. The zero-order valence-electron chi connectivity index (χ0n) is 18.7. The summed E-state index contributed by atoms with van der Waals surface area (Å²) in [5.41, 5.74) is 1.59. The van der Waals surface area contributed by atoms with Crippen LogP contribution < -0.4 is 15.4 Å². The van der Waals surface area contributed by atoms with Gasteiger partial charge in [-0.3, -0.25) is 14.2 Å². The fraction of sp³-hybridized carbons (Fsp3) is 0.417. The first-order valence-electron chi connectivity index (χ1n) is 11.4. The van der Waals surface area contributed by atoms with E-state index in [1.54, 1.807) is 31.4 Å². The highest BCUT2D eigenvalue weighted by Crippen LogP contribution is 2.25. The summed E-state index contributed by atoms with van der Waals surface area (Å²) in [6, 6.07) is 10.4. The van der Waals surface area contributed by atoms with Crippen molar-refractivity contribution in [3.05, 3.63) is 58.8 Å². The molecule has 0 spiro atoms. The van der Waals surface area contributed by atoms with E-state index in [9.17, 15) is 14.0 Å². The number of rotatable bonds is 3. The van der Waals surface area contributed by atoms with Gasteiger partial charge in [0.2, 0.25) is 5.91 Å². The highest BCUT2D eigenvalue weighted by atomic mass is 19.1. The Morgan fingerprint density at radius 2 is 1.82 bits per heavy atom. The van der Waals surface area contributed by atoms with Crippen LogP contribution in [0.4, 0.5) is 15.9 Å². The smallest absolute Gasteiger partial charge is 0.294 e. The Hall–Kier alpha value is -3.49. The van der Waals surface area contributed by atoms with Crippen molar-refractivity contribution in [1.29, 1.82) is 0 Å². The van der Waals surface area contributed by atoms with Gasteiger partial charge in [-0.25, -0.2) is 14.4 Å². The summed E-state index contributed by atoms with van der Waals surface area (Å²) in [5, 5.41) is 0. The average Bonchev–Trinajstić information content (AvgIpc) is 2.86. The van der Waals surface area contributed by atoms with E-state index in [1.807, 2.05) is 26.8 Å². The Labute approximate surface area is 191 Å². The van der Waals surface area contributed by atoms with Crippen LogP contribution in [0.3, 0.4) is 0 Å². The van der Waals surface area contributed by atoms with Gasteiger partial charge in [-0.15, -0.1) is 0 Å². The van der Waals surface area contributed by atoms with Crippen LogP contribution in [-0.4, -0.2) is 64.6 Å². The summed E-state index contributed by atoms with van der Waals surface area (Å²) in [7, 11) is 1.70. The summed E-state index contributed by atoms with van der Waals surface area (Å²) >= 11 is 0. The van der Waals surface area contributed by atoms with Crippen LogP contribution in [0.15, 0.2) is 47.4 Å². The van der Waals surface area contributed by atoms with Crippen LogP contribution in [0.25, 0.3) is 11.2 Å². The van der Waals surface area contributed by atoms with Crippen molar-refractivity contribution < 1.29 is 9.18 Å². The number of para-hydroxylation sites is 1. The lowest BCUT2D eigenvalue weighted by atomic mass is 9.96. The molecule has 2 saturated heterocycles. The molecule has 8 nitrogen and oxygen atoms in total. The van der Waals surface area contributed by atoms with Gasteiger partial charge in [0.25, 0.3) is 5.56 Å². The molecule has 2 aliphatic heterocycles. The van der Waals surface area contributed by atoms with Gasteiger partial charge in [-0.2, -0.15) is 0 Å². The van der Waals surface area contributed by atoms with Crippen molar-refractivity contribution in [3.63, 3.8) is 0 Å². The number of anilines is 2. The zero-order valence-corrected chi connectivity index (χ0v) is 18.7. The topological polar surface area (TPSA) is 74.6 Å². The minimum absolute atomic E-state index is 0.104. The van der Waals surface area contributed by atoms with Gasteiger partial charge in [0, 0.05) is 52.5 Å². The molecule has 1 atom stereocenters. The summed E-state index contributed by atoms with van der Waals surface area (Å²) < 4.78 is 15.6. The van der Waals surface area contributed by atoms with Crippen molar-refractivity contribution in [3.8, 4) is 0 Å². The van der Waals surface area contributed by atoms with E-state index < -0.39 is 0 Å². The maximum Gasteiger partial charge on any atom is 0.294 e. The number of piperidine rings is 1. The van der Waals surface area contributed by atoms with E-state index in [2.05, 4.69) is 9.97 Å². The molecule has 2 aromatic heterocycles. The molecule has 0 aliphatic carbocycles. The van der Waals surface area contributed by atoms with Crippen molar-refractivity contribution in [2.75, 3.05) is 49.1 Å². The molecule has 1 unspecified atom stereocenters. The molecule has 0 N–H and O–H groups in total. The largest absolute Gasteiger partial charge is 0.366 e. The minimum atomic E-state index is -0.236. The number of nitrogens with zero attached hydrogens (tertiary/aromatic N) is 6. The van der Waals surface area contributed by atoms with Gasteiger partial charge >= 0.3 is 0 Å². The van der Waals surface area contributed by atoms with Gasteiger partial charge in [0.1, 0.15) is 11.3 Å². The molecule has 0 radical (unpaired) electrons. The molecule has 0 bridgehead atoms. The first-order valence-corrected chi connectivity index (χ1v) is 11.4. The Morgan fingerprint density at radius 1 is 1.03 bits per heavy atom. The zero-order chi connectivity index (χ0) is 22.9. The summed E-state index contributed by atoms with van der Waals surface area (Å²) in [6.07, 6.45) is 3.25. The normalized spacial score (nSPS) is 19.2. The van der Waals surface area contributed by atoms with Gasteiger partial charge in [-0.05, 0) is 37.1 Å². The Kier molecular flexibility index (Phi) is 5.70. The van der Waals surface area contributed by atoms with Crippen LogP contribution in [0.5, 0.6) is 0 Å². The maximum atomic E-state index is 14.1. The van der Waals surface area contributed by atoms with E-state index in [4.69, 9.17) is 0 Å². The molecular formula is C24H27FN6O2. The number of carbonyl (C=O) groups excluding carboxylic acids is 1. The SMILES string of the molecule is Cn1c(=O)c(N2CCCC(C(=O)N3CCN(c4ccccc4F)CC3)C2)nc2cccnc21. The first-order chi connectivity index (χ1) is 16.0. The second-order valence-corrected chi connectivity index (χ2v) is 8.69. The second-order valence-electron chi connectivity index (χ2n) is 8.69. The first kappa shape index (κ1) is 21.4. The van der Waals surface area contributed by atoms with E-state index in [-0.39, 0.29) is 23.2 Å². The van der Waals surface area contributed by atoms with Gasteiger partial charge in [0.15, 0.2) is 11.5 Å².